The van der Waals surface area contributed by atoms with Crippen molar-refractivity contribution in [1.82, 2.24) is 9.55 Å². The minimum atomic E-state index is -0.279. The molecule has 0 saturated carbocycles. The quantitative estimate of drug-likeness (QED) is 0.815. The Balaban J connectivity index is 2.26. The third-order valence-corrected chi connectivity index (χ3v) is 3.94. The molecule has 3 nitrogen and oxygen atoms in total. The van der Waals surface area contributed by atoms with E-state index in [0.29, 0.717) is 15.9 Å². The summed E-state index contributed by atoms with van der Waals surface area (Å²) in [5.74, 6) is -0.279. The van der Waals surface area contributed by atoms with Crippen LogP contribution < -0.4 is 0 Å². The summed E-state index contributed by atoms with van der Waals surface area (Å²) < 4.78 is 22.0. The molecule has 1 fully saturated rings. The van der Waals surface area contributed by atoms with Gasteiger partial charge in [-0.1, -0.05) is 0 Å². The second-order valence-electron chi connectivity index (χ2n) is 4.10. The number of nitrogens with one attached hydrogen (secondary N) is 1. The molecular formula is C11H10BrFN2OS. The maximum Gasteiger partial charge on any atom is 0.178 e. The standard InChI is InChI=1S/C11H10BrFN2OS/c12-7-3-9-10(4-8(7)13)15(11(17)14-9)6-1-2-16-5-6/h3-4,6H,1-2,5H2,(H,14,17). The summed E-state index contributed by atoms with van der Waals surface area (Å²) >= 11 is 8.46. The van der Waals surface area contributed by atoms with Gasteiger partial charge in [0.05, 0.1) is 28.2 Å². The molecule has 0 amide bonds. The first-order chi connectivity index (χ1) is 8.16. The molecule has 1 aromatic carbocycles. The molecule has 0 bridgehead atoms. The summed E-state index contributed by atoms with van der Waals surface area (Å²) in [6, 6.07) is 3.42. The average Bonchev–Trinajstić information content (AvgIpc) is 2.86. The van der Waals surface area contributed by atoms with Gasteiger partial charge in [0, 0.05) is 12.7 Å². The minimum Gasteiger partial charge on any atom is -0.379 e. The van der Waals surface area contributed by atoms with Crippen LogP contribution >= 0.6 is 28.1 Å². The van der Waals surface area contributed by atoms with Crippen molar-refractivity contribution in [3.8, 4) is 0 Å². The van der Waals surface area contributed by atoms with Gasteiger partial charge in [-0.3, -0.25) is 0 Å². The summed E-state index contributed by atoms with van der Waals surface area (Å²) in [6.45, 7) is 1.37. The Morgan fingerprint density at radius 1 is 1.53 bits per heavy atom. The fourth-order valence-corrected chi connectivity index (χ4v) is 2.91. The van der Waals surface area contributed by atoms with Crippen molar-refractivity contribution in [1.29, 1.82) is 0 Å². The second-order valence-corrected chi connectivity index (χ2v) is 5.34. The Hall–Kier alpha value is -0.720. The summed E-state index contributed by atoms with van der Waals surface area (Å²) in [7, 11) is 0. The number of hydrogen-bond donors (Lipinski definition) is 1. The van der Waals surface area contributed by atoms with Crippen LogP contribution in [0.1, 0.15) is 12.5 Å². The average molecular weight is 317 g/mol. The van der Waals surface area contributed by atoms with Crippen molar-refractivity contribution in [2.45, 2.75) is 12.5 Å². The number of H-pyrrole nitrogens is 1. The number of aromatic nitrogens is 2. The van der Waals surface area contributed by atoms with Crippen molar-refractivity contribution in [2.24, 2.45) is 0 Å². The van der Waals surface area contributed by atoms with Crippen LogP contribution in [0.2, 0.25) is 0 Å². The van der Waals surface area contributed by atoms with E-state index in [-0.39, 0.29) is 11.9 Å². The lowest BCUT2D eigenvalue weighted by Gasteiger charge is -2.11. The number of rotatable bonds is 1. The maximum atomic E-state index is 13.6. The lowest BCUT2D eigenvalue weighted by molar-refractivity contribution is 0.187. The van der Waals surface area contributed by atoms with Gasteiger partial charge in [-0.2, -0.15) is 0 Å². The zero-order valence-corrected chi connectivity index (χ0v) is 11.3. The van der Waals surface area contributed by atoms with Gasteiger partial charge in [0.1, 0.15) is 5.82 Å². The first-order valence-electron chi connectivity index (χ1n) is 5.34. The highest BCUT2D eigenvalue weighted by molar-refractivity contribution is 9.10. The summed E-state index contributed by atoms with van der Waals surface area (Å²) in [5, 5.41) is 0. The molecule has 1 N–H and O–H groups in total. The first-order valence-corrected chi connectivity index (χ1v) is 6.54. The number of fused-ring (bicyclic) bond motifs is 1. The van der Waals surface area contributed by atoms with Crippen LogP contribution in [-0.2, 0) is 4.74 Å². The molecule has 17 heavy (non-hydrogen) atoms. The highest BCUT2D eigenvalue weighted by Crippen LogP contribution is 2.28. The molecule has 90 valence electrons. The van der Waals surface area contributed by atoms with Gasteiger partial charge in [-0.05, 0) is 40.6 Å². The predicted octanol–water partition coefficient (Wildman–Crippen LogP) is 3.56. The van der Waals surface area contributed by atoms with Crippen LogP contribution in [-0.4, -0.2) is 22.8 Å². The molecule has 1 saturated heterocycles. The van der Waals surface area contributed by atoms with Crippen molar-refractivity contribution < 1.29 is 9.13 Å². The van der Waals surface area contributed by atoms with Crippen molar-refractivity contribution in [3.05, 3.63) is 27.2 Å². The molecule has 2 heterocycles. The summed E-state index contributed by atoms with van der Waals surface area (Å²) in [4.78, 5) is 3.10. The monoisotopic (exact) mass is 316 g/mol. The fourth-order valence-electron chi connectivity index (χ4n) is 2.21. The summed E-state index contributed by atoms with van der Waals surface area (Å²) in [6.07, 6.45) is 0.916. The first kappa shape index (κ1) is 11.4. The molecule has 0 aliphatic carbocycles. The van der Waals surface area contributed by atoms with E-state index in [4.69, 9.17) is 17.0 Å². The van der Waals surface area contributed by atoms with Gasteiger partial charge < -0.3 is 14.3 Å². The maximum absolute atomic E-state index is 13.6. The van der Waals surface area contributed by atoms with E-state index >= 15 is 0 Å². The third kappa shape index (κ3) is 1.84. The van der Waals surface area contributed by atoms with E-state index < -0.39 is 0 Å². The van der Waals surface area contributed by atoms with Gasteiger partial charge >= 0.3 is 0 Å². The summed E-state index contributed by atoms with van der Waals surface area (Å²) in [5.41, 5.74) is 1.64. The normalized spacial score (nSPS) is 20.2. The number of hydrogen-bond acceptors (Lipinski definition) is 2. The molecule has 2 aromatic rings. The second kappa shape index (κ2) is 4.19. The molecular weight excluding hydrogens is 307 g/mol. The van der Waals surface area contributed by atoms with E-state index in [1.165, 1.54) is 6.07 Å². The smallest absolute Gasteiger partial charge is 0.178 e. The molecule has 1 aliphatic rings. The zero-order chi connectivity index (χ0) is 12.0. The van der Waals surface area contributed by atoms with E-state index in [0.717, 1.165) is 24.1 Å². The number of benzene rings is 1. The van der Waals surface area contributed by atoms with Gasteiger partial charge in [0.15, 0.2) is 4.77 Å². The third-order valence-electron chi connectivity index (χ3n) is 3.03. The lowest BCUT2D eigenvalue weighted by Crippen LogP contribution is -2.08. The Morgan fingerprint density at radius 3 is 3.06 bits per heavy atom. The largest absolute Gasteiger partial charge is 0.379 e. The molecule has 0 radical (unpaired) electrons. The minimum absolute atomic E-state index is 0.205. The van der Waals surface area contributed by atoms with Gasteiger partial charge in [-0.25, -0.2) is 4.39 Å². The number of imidazole rings is 1. The molecule has 1 atom stereocenters. The lowest BCUT2D eigenvalue weighted by atomic mass is 10.2. The van der Waals surface area contributed by atoms with E-state index in [9.17, 15) is 4.39 Å². The predicted molar refractivity (Wildman–Crippen MR) is 69.3 cm³/mol. The van der Waals surface area contributed by atoms with Gasteiger partial charge in [-0.15, -0.1) is 0 Å². The van der Waals surface area contributed by atoms with Crippen LogP contribution in [0, 0.1) is 10.6 Å². The SMILES string of the molecule is Fc1cc2c(cc1Br)[nH]c(=S)n2C1CCOC1. The van der Waals surface area contributed by atoms with E-state index in [2.05, 4.69) is 20.9 Å². The molecule has 1 aromatic heterocycles. The molecule has 0 spiro atoms. The van der Waals surface area contributed by atoms with Crippen molar-refractivity contribution in [2.75, 3.05) is 13.2 Å². The van der Waals surface area contributed by atoms with Crippen LogP contribution in [0.25, 0.3) is 11.0 Å². The Bertz CT molecular complexity index is 630. The van der Waals surface area contributed by atoms with Crippen LogP contribution in [0.3, 0.4) is 0 Å². The highest BCUT2D eigenvalue weighted by atomic mass is 79.9. The number of nitrogens with zero attached hydrogens (tertiary/aromatic N) is 1. The van der Waals surface area contributed by atoms with E-state index in [1.54, 1.807) is 6.07 Å². The zero-order valence-electron chi connectivity index (χ0n) is 8.87. The Labute approximate surface area is 111 Å². The molecule has 3 rings (SSSR count). The topological polar surface area (TPSA) is 29.9 Å². The van der Waals surface area contributed by atoms with Crippen molar-refractivity contribution in [3.63, 3.8) is 0 Å². The number of ether oxygens (including phenoxy) is 1. The molecule has 6 heteroatoms. The number of halogens is 2. The highest BCUT2D eigenvalue weighted by Gasteiger charge is 2.21. The van der Waals surface area contributed by atoms with Crippen LogP contribution in [0.5, 0.6) is 0 Å². The van der Waals surface area contributed by atoms with Gasteiger partial charge in [0.2, 0.25) is 0 Å². The van der Waals surface area contributed by atoms with Crippen molar-refractivity contribution >= 4 is 39.2 Å². The fraction of sp³-hybridized carbons (Fsp3) is 0.364. The number of aromatic amines is 1. The molecule has 1 unspecified atom stereocenters. The van der Waals surface area contributed by atoms with Gasteiger partial charge in [0.25, 0.3) is 0 Å². The Kier molecular flexibility index (Phi) is 2.80. The van der Waals surface area contributed by atoms with Crippen LogP contribution in [0.15, 0.2) is 16.6 Å². The van der Waals surface area contributed by atoms with Crippen LogP contribution in [0.4, 0.5) is 4.39 Å². The molecule has 1 aliphatic heterocycles. The van der Waals surface area contributed by atoms with E-state index in [1.807, 2.05) is 4.57 Å². The Morgan fingerprint density at radius 2 is 2.35 bits per heavy atom.